The first-order valence-corrected chi connectivity index (χ1v) is 6.98. The summed E-state index contributed by atoms with van der Waals surface area (Å²) in [5, 5.41) is 19.2. The van der Waals surface area contributed by atoms with Crippen LogP contribution in [0.4, 0.5) is 4.39 Å². The van der Waals surface area contributed by atoms with E-state index in [9.17, 15) is 9.50 Å². The predicted molar refractivity (Wildman–Crippen MR) is 81.0 cm³/mol. The molecular weight excluding hydrogens is 335 g/mol. The molecule has 0 amide bonds. The number of aromatic nitrogens is 1. The van der Waals surface area contributed by atoms with Crippen molar-refractivity contribution in [3.8, 4) is 6.07 Å². The summed E-state index contributed by atoms with van der Waals surface area (Å²) >= 11 is 3.39. The van der Waals surface area contributed by atoms with E-state index in [-0.39, 0.29) is 5.56 Å². The summed E-state index contributed by atoms with van der Waals surface area (Å²) in [4.78, 5) is 4.04. The summed E-state index contributed by atoms with van der Waals surface area (Å²) in [5.74, 6) is -0.651. The van der Waals surface area contributed by atoms with Gasteiger partial charge in [-0.3, -0.25) is 4.98 Å². The highest BCUT2D eigenvalue weighted by Crippen LogP contribution is 2.30. The van der Waals surface area contributed by atoms with Gasteiger partial charge in [-0.2, -0.15) is 5.26 Å². The molecule has 0 spiro atoms. The molecule has 2 aromatic rings. The Bertz CT molecular complexity index is 725. The molecule has 0 saturated heterocycles. The zero-order valence-corrected chi connectivity index (χ0v) is 12.6. The van der Waals surface area contributed by atoms with E-state index in [0.29, 0.717) is 17.5 Å². The van der Waals surface area contributed by atoms with Gasteiger partial charge in [0.05, 0.1) is 5.56 Å². The van der Waals surface area contributed by atoms with Crippen LogP contribution in [0.25, 0.3) is 0 Å². The summed E-state index contributed by atoms with van der Waals surface area (Å²) in [6.07, 6.45) is 4.43. The van der Waals surface area contributed by atoms with Gasteiger partial charge in [-0.1, -0.05) is 12.1 Å². The van der Waals surface area contributed by atoms with Gasteiger partial charge < -0.3 is 5.11 Å². The maximum atomic E-state index is 13.7. The smallest absolute Gasteiger partial charge is 0.141 e. The lowest BCUT2D eigenvalue weighted by atomic mass is 9.96. The quantitative estimate of drug-likeness (QED) is 0.859. The summed E-state index contributed by atoms with van der Waals surface area (Å²) in [6, 6.07) is 5.81. The number of aliphatic hydroxyl groups is 1. The van der Waals surface area contributed by atoms with Gasteiger partial charge in [0.2, 0.25) is 0 Å². The predicted octanol–water partition coefficient (Wildman–Crippen LogP) is 3.67. The molecule has 1 atom stereocenters. The molecule has 1 heterocycles. The Balaban J connectivity index is 2.47. The summed E-state index contributed by atoms with van der Waals surface area (Å²) in [7, 11) is 0. The third kappa shape index (κ3) is 3.18. The van der Waals surface area contributed by atoms with Crippen molar-refractivity contribution in [3.05, 3.63) is 75.8 Å². The third-order valence-electron chi connectivity index (χ3n) is 3.11. The summed E-state index contributed by atoms with van der Waals surface area (Å²) < 4.78 is 14.4. The fourth-order valence-electron chi connectivity index (χ4n) is 2.04. The standard InChI is InChI=1S/C16H12BrFN2O/c1-2-3-12-13(8-20-9-14(12)17)16(21)10-4-5-11(7-19)15(18)6-10/h2,4-6,8-9,16,21H,1,3H2. The highest BCUT2D eigenvalue weighted by atomic mass is 79.9. The molecule has 5 heteroatoms. The monoisotopic (exact) mass is 346 g/mol. The van der Waals surface area contributed by atoms with Crippen LogP contribution in [0, 0.1) is 17.1 Å². The van der Waals surface area contributed by atoms with E-state index in [1.165, 1.54) is 18.2 Å². The second-order valence-electron chi connectivity index (χ2n) is 4.44. The van der Waals surface area contributed by atoms with Crippen LogP contribution in [-0.2, 0) is 6.42 Å². The van der Waals surface area contributed by atoms with Gasteiger partial charge in [0.25, 0.3) is 0 Å². The molecule has 2 rings (SSSR count). The minimum atomic E-state index is -1.02. The van der Waals surface area contributed by atoms with Crippen LogP contribution < -0.4 is 0 Å². The van der Waals surface area contributed by atoms with E-state index >= 15 is 0 Å². The van der Waals surface area contributed by atoms with Crippen LogP contribution in [-0.4, -0.2) is 10.1 Å². The number of nitriles is 1. The fourth-order valence-corrected chi connectivity index (χ4v) is 2.55. The Morgan fingerprint density at radius 3 is 2.86 bits per heavy atom. The summed E-state index contributed by atoms with van der Waals surface area (Å²) in [5.41, 5.74) is 1.74. The molecule has 0 bridgehead atoms. The van der Waals surface area contributed by atoms with Gasteiger partial charge in [-0.15, -0.1) is 6.58 Å². The lowest BCUT2D eigenvalue weighted by Crippen LogP contribution is -2.06. The van der Waals surface area contributed by atoms with Gasteiger partial charge in [-0.25, -0.2) is 4.39 Å². The minimum Gasteiger partial charge on any atom is -0.384 e. The molecule has 3 nitrogen and oxygen atoms in total. The van der Waals surface area contributed by atoms with Crippen molar-refractivity contribution in [1.29, 1.82) is 5.26 Å². The minimum absolute atomic E-state index is 0.0513. The molecule has 1 N–H and O–H groups in total. The Morgan fingerprint density at radius 2 is 2.24 bits per heavy atom. The number of pyridine rings is 1. The van der Waals surface area contributed by atoms with Crippen molar-refractivity contribution in [1.82, 2.24) is 4.98 Å². The molecule has 0 aliphatic carbocycles. The third-order valence-corrected chi connectivity index (χ3v) is 3.79. The molecule has 0 radical (unpaired) electrons. The number of allylic oxidation sites excluding steroid dienone is 1. The van der Waals surface area contributed by atoms with Gasteiger partial charge in [0.15, 0.2) is 0 Å². The molecule has 1 aromatic heterocycles. The molecule has 1 aromatic carbocycles. The van der Waals surface area contributed by atoms with Gasteiger partial charge in [0.1, 0.15) is 18.0 Å². The van der Waals surface area contributed by atoms with E-state index in [0.717, 1.165) is 10.0 Å². The largest absolute Gasteiger partial charge is 0.384 e. The first-order chi connectivity index (χ1) is 10.1. The molecule has 0 aliphatic rings. The van der Waals surface area contributed by atoms with Crippen molar-refractivity contribution in [2.75, 3.05) is 0 Å². The Kier molecular flexibility index (Phi) is 4.84. The van der Waals surface area contributed by atoms with Crippen LogP contribution in [0.2, 0.25) is 0 Å². The van der Waals surface area contributed by atoms with Gasteiger partial charge in [-0.05, 0) is 45.6 Å². The second-order valence-corrected chi connectivity index (χ2v) is 5.29. The second kappa shape index (κ2) is 6.61. The number of rotatable bonds is 4. The molecule has 106 valence electrons. The normalized spacial score (nSPS) is 11.7. The molecule has 0 fully saturated rings. The number of aliphatic hydroxyl groups excluding tert-OH is 1. The van der Waals surface area contributed by atoms with Crippen LogP contribution >= 0.6 is 15.9 Å². The van der Waals surface area contributed by atoms with Crippen molar-refractivity contribution >= 4 is 15.9 Å². The number of hydrogen-bond donors (Lipinski definition) is 1. The average molecular weight is 347 g/mol. The first kappa shape index (κ1) is 15.4. The number of hydrogen-bond acceptors (Lipinski definition) is 3. The Hall–Kier alpha value is -2.03. The van der Waals surface area contributed by atoms with Crippen LogP contribution in [0.3, 0.4) is 0 Å². The van der Waals surface area contributed by atoms with Crippen molar-refractivity contribution < 1.29 is 9.50 Å². The SMILES string of the molecule is C=CCc1c(Br)cncc1C(O)c1ccc(C#N)c(F)c1. The molecular formula is C16H12BrFN2O. The van der Waals surface area contributed by atoms with Gasteiger partial charge >= 0.3 is 0 Å². The lowest BCUT2D eigenvalue weighted by Gasteiger charge is -2.16. The highest BCUT2D eigenvalue weighted by molar-refractivity contribution is 9.10. The zero-order valence-electron chi connectivity index (χ0n) is 11.1. The van der Waals surface area contributed by atoms with E-state index in [1.54, 1.807) is 24.5 Å². The van der Waals surface area contributed by atoms with E-state index in [1.807, 2.05) is 0 Å². The number of benzene rings is 1. The maximum Gasteiger partial charge on any atom is 0.141 e. The average Bonchev–Trinajstić information content (AvgIpc) is 2.48. The number of halogens is 2. The van der Waals surface area contributed by atoms with E-state index in [4.69, 9.17) is 5.26 Å². The molecule has 0 saturated carbocycles. The first-order valence-electron chi connectivity index (χ1n) is 6.19. The molecule has 21 heavy (non-hydrogen) atoms. The van der Waals surface area contributed by atoms with Crippen molar-refractivity contribution in [2.45, 2.75) is 12.5 Å². The zero-order chi connectivity index (χ0) is 15.4. The lowest BCUT2D eigenvalue weighted by molar-refractivity contribution is 0.218. The van der Waals surface area contributed by atoms with Crippen LogP contribution in [0.1, 0.15) is 28.4 Å². The van der Waals surface area contributed by atoms with E-state index < -0.39 is 11.9 Å². The topological polar surface area (TPSA) is 56.9 Å². The summed E-state index contributed by atoms with van der Waals surface area (Å²) in [6.45, 7) is 3.69. The Morgan fingerprint density at radius 1 is 1.48 bits per heavy atom. The molecule has 0 aliphatic heterocycles. The van der Waals surface area contributed by atoms with Crippen LogP contribution in [0.5, 0.6) is 0 Å². The fraction of sp³-hybridized carbons (Fsp3) is 0.125. The van der Waals surface area contributed by atoms with Gasteiger partial charge in [0, 0.05) is 22.4 Å². The maximum absolute atomic E-state index is 13.7. The Labute approximate surface area is 130 Å². The van der Waals surface area contributed by atoms with E-state index in [2.05, 4.69) is 27.5 Å². The van der Waals surface area contributed by atoms with Crippen LogP contribution in [0.15, 0.2) is 47.7 Å². The van der Waals surface area contributed by atoms with Crippen molar-refractivity contribution in [2.24, 2.45) is 0 Å². The highest BCUT2D eigenvalue weighted by Gasteiger charge is 2.18. The number of nitrogens with zero attached hydrogens (tertiary/aromatic N) is 2. The molecule has 1 unspecified atom stereocenters. The van der Waals surface area contributed by atoms with Crippen molar-refractivity contribution in [3.63, 3.8) is 0 Å².